The highest BCUT2D eigenvalue weighted by molar-refractivity contribution is 5.67. The Morgan fingerprint density at radius 3 is 2.63 bits per heavy atom. The molecule has 0 spiro atoms. The van der Waals surface area contributed by atoms with Crippen molar-refractivity contribution in [2.45, 2.75) is 20.8 Å². The second kappa shape index (κ2) is 5.69. The molecule has 1 N–H and O–H groups in total. The molecular weight excluding hydrogens is 236 g/mol. The lowest BCUT2D eigenvalue weighted by molar-refractivity contribution is 0.962. The zero-order chi connectivity index (χ0) is 13.8. The molecule has 0 radical (unpaired) electrons. The molecule has 100 valence electrons. The quantitative estimate of drug-likeness (QED) is 0.911. The summed E-state index contributed by atoms with van der Waals surface area (Å²) in [6.45, 7) is 7.14. The van der Waals surface area contributed by atoms with Gasteiger partial charge in [0.1, 0.15) is 18.0 Å². The van der Waals surface area contributed by atoms with Crippen LogP contribution < -0.4 is 10.2 Å². The van der Waals surface area contributed by atoms with Gasteiger partial charge in [-0.05, 0) is 38.5 Å². The Morgan fingerprint density at radius 1 is 1.21 bits per heavy atom. The number of benzene rings is 1. The molecule has 0 saturated heterocycles. The van der Waals surface area contributed by atoms with E-state index in [0.29, 0.717) is 0 Å². The first-order chi connectivity index (χ1) is 9.17. The summed E-state index contributed by atoms with van der Waals surface area (Å²) in [5, 5.41) is 3.10. The second-order valence-corrected chi connectivity index (χ2v) is 4.50. The summed E-state index contributed by atoms with van der Waals surface area (Å²) in [6.07, 6.45) is 1.60. The van der Waals surface area contributed by atoms with Gasteiger partial charge in [0.15, 0.2) is 0 Å². The highest BCUT2D eigenvalue weighted by Crippen LogP contribution is 2.28. The van der Waals surface area contributed by atoms with Crippen LogP contribution in [0.25, 0.3) is 0 Å². The van der Waals surface area contributed by atoms with E-state index in [0.717, 1.165) is 29.4 Å². The first kappa shape index (κ1) is 13.3. The predicted molar refractivity (Wildman–Crippen MR) is 80.2 cm³/mol. The van der Waals surface area contributed by atoms with Crippen molar-refractivity contribution in [3.8, 4) is 0 Å². The van der Waals surface area contributed by atoms with E-state index in [2.05, 4.69) is 58.3 Å². The summed E-state index contributed by atoms with van der Waals surface area (Å²) in [7, 11) is 1.88. The van der Waals surface area contributed by atoms with Crippen molar-refractivity contribution in [1.29, 1.82) is 0 Å². The molecule has 0 bridgehead atoms. The standard InChI is InChI=1S/C15H20N4/c1-5-19(13-8-6-7-11(2)9-13)15-12(3)14(16-4)17-10-18-15/h6-10H,5H2,1-4H3,(H,16,17,18). The van der Waals surface area contributed by atoms with Crippen LogP contribution in [0.15, 0.2) is 30.6 Å². The van der Waals surface area contributed by atoms with E-state index in [1.54, 1.807) is 6.33 Å². The fourth-order valence-corrected chi connectivity index (χ4v) is 2.22. The Bertz CT molecular complexity index is 566. The molecule has 0 saturated carbocycles. The molecule has 0 amide bonds. The summed E-state index contributed by atoms with van der Waals surface area (Å²) in [5.74, 6) is 1.82. The van der Waals surface area contributed by atoms with Crippen molar-refractivity contribution in [3.05, 3.63) is 41.7 Å². The fourth-order valence-electron chi connectivity index (χ4n) is 2.22. The Morgan fingerprint density at radius 2 is 2.00 bits per heavy atom. The number of hydrogen-bond acceptors (Lipinski definition) is 4. The minimum atomic E-state index is 0.866. The van der Waals surface area contributed by atoms with Gasteiger partial charge in [-0.2, -0.15) is 0 Å². The summed E-state index contributed by atoms with van der Waals surface area (Å²) >= 11 is 0. The molecule has 0 aliphatic heterocycles. The molecule has 0 atom stereocenters. The van der Waals surface area contributed by atoms with E-state index in [-0.39, 0.29) is 0 Å². The van der Waals surface area contributed by atoms with Gasteiger partial charge in [0.05, 0.1) is 0 Å². The lowest BCUT2D eigenvalue weighted by Gasteiger charge is -2.24. The van der Waals surface area contributed by atoms with Crippen LogP contribution in [0.4, 0.5) is 17.3 Å². The monoisotopic (exact) mass is 256 g/mol. The molecule has 2 aromatic rings. The van der Waals surface area contributed by atoms with Gasteiger partial charge in [0.2, 0.25) is 0 Å². The number of rotatable bonds is 4. The molecule has 19 heavy (non-hydrogen) atoms. The van der Waals surface area contributed by atoms with Gasteiger partial charge < -0.3 is 10.2 Å². The molecule has 1 aromatic heterocycles. The van der Waals surface area contributed by atoms with Gasteiger partial charge in [0.25, 0.3) is 0 Å². The highest BCUT2D eigenvalue weighted by Gasteiger charge is 2.14. The molecule has 2 rings (SSSR count). The third-order valence-corrected chi connectivity index (χ3v) is 3.18. The van der Waals surface area contributed by atoms with E-state index in [1.807, 2.05) is 14.0 Å². The van der Waals surface area contributed by atoms with E-state index in [9.17, 15) is 0 Å². The van der Waals surface area contributed by atoms with Crippen LogP contribution in [0, 0.1) is 13.8 Å². The van der Waals surface area contributed by atoms with Crippen LogP contribution in [-0.2, 0) is 0 Å². The van der Waals surface area contributed by atoms with Crippen LogP contribution in [0.5, 0.6) is 0 Å². The van der Waals surface area contributed by atoms with Crippen molar-refractivity contribution in [2.75, 3.05) is 23.8 Å². The zero-order valence-electron chi connectivity index (χ0n) is 11.9. The van der Waals surface area contributed by atoms with E-state index in [1.165, 1.54) is 5.56 Å². The number of anilines is 3. The molecule has 4 nitrogen and oxygen atoms in total. The normalized spacial score (nSPS) is 10.3. The first-order valence-electron chi connectivity index (χ1n) is 6.51. The number of aromatic nitrogens is 2. The highest BCUT2D eigenvalue weighted by atomic mass is 15.2. The molecule has 0 fully saturated rings. The maximum absolute atomic E-state index is 4.44. The van der Waals surface area contributed by atoms with Crippen molar-refractivity contribution in [2.24, 2.45) is 0 Å². The second-order valence-electron chi connectivity index (χ2n) is 4.50. The lowest BCUT2D eigenvalue weighted by atomic mass is 10.2. The number of nitrogens with zero attached hydrogens (tertiary/aromatic N) is 3. The number of aryl methyl sites for hydroxylation is 1. The third kappa shape index (κ3) is 2.67. The molecule has 0 aliphatic carbocycles. The van der Waals surface area contributed by atoms with E-state index >= 15 is 0 Å². The van der Waals surface area contributed by atoms with Gasteiger partial charge in [-0.15, -0.1) is 0 Å². The number of nitrogens with one attached hydrogen (secondary N) is 1. The molecule has 0 aliphatic rings. The maximum atomic E-state index is 4.44. The average Bonchev–Trinajstić information content (AvgIpc) is 2.41. The SMILES string of the molecule is CCN(c1cccc(C)c1)c1ncnc(NC)c1C. The van der Waals surface area contributed by atoms with Crippen molar-refractivity contribution >= 4 is 17.3 Å². The minimum absolute atomic E-state index is 0.866. The Labute approximate surface area is 114 Å². The maximum Gasteiger partial charge on any atom is 0.141 e. The van der Waals surface area contributed by atoms with Crippen molar-refractivity contribution < 1.29 is 0 Å². The lowest BCUT2D eigenvalue weighted by Crippen LogP contribution is -2.19. The van der Waals surface area contributed by atoms with Crippen LogP contribution in [0.1, 0.15) is 18.1 Å². The topological polar surface area (TPSA) is 41.1 Å². The molecule has 4 heteroatoms. The first-order valence-corrected chi connectivity index (χ1v) is 6.51. The van der Waals surface area contributed by atoms with Crippen LogP contribution in [0.2, 0.25) is 0 Å². The Balaban J connectivity index is 2.48. The van der Waals surface area contributed by atoms with Gasteiger partial charge in [-0.3, -0.25) is 0 Å². The summed E-state index contributed by atoms with van der Waals surface area (Å²) in [6, 6.07) is 8.45. The molecular formula is C15H20N4. The zero-order valence-corrected chi connectivity index (χ0v) is 11.9. The minimum Gasteiger partial charge on any atom is -0.373 e. The summed E-state index contributed by atoms with van der Waals surface area (Å²) in [5.41, 5.74) is 3.47. The van der Waals surface area contributed by atoms with Crippen molar-refractivity contribution in [3.63, 3.8) is 0 Å². The smallest absolute Gasteiger partial charge is 0.141 e. The third-order valence-electron chi connectivity index (χ3n) is 3.18. The number of hydrogen-bond donors (Lipinski definition) is 1. The van der Waals surface area contributed by atoms with Crippen LogP contribution in [-0.4, -0.2) is 23.6 Å². The van der Waals surface area contributed by atoms with Gasteiger partial charge in [-0.1, -0.05) is 12.1 Å². The molecule has 0 unspecified atom stereocenters. The summed E-state index contributed by atoms with van der Waals surface area (Å²) < 4.78 is 0. The van der Waals surface area contributed by atoms with Crippen molar-refractivity contribution in [1.82, 2.24) is 9.97 Å². The van der Waals surface area contributed by atoms with Gasteiger partial charge in [0, 0.05) is 24.8 Å². The Hall–Kier alpha value is -2.10. The summed E-state index contributed by atoms with van der Waals surface area (Å²) in [4.78, 5) is 10.9. The Kier molecular flexibility index (Phi) is 4.00. The average molecular weight is 256 g/mol. The van der Waals surface area contributed by atoms with Gasteiger partial charge in [-0.25, -0.2) is 9.97 Å². The molecule has 1 aromatic carbocycles. The largest absolute Gasteiger partial charge is 0.373 e. The van der Waals surface area contributed by atoms with Gasteiger partial charge >= 0.3 is 0 Å². The van der Waals surface area contributed by atoms with Crippen LogP contribution >= 0.6 is 0 Å². The predicted octanol–water partition coefficient (Wildman–Crippen LogP) is 3.29. The van der Waals surface area contributed by atoms with E-state index < -0.39 is 0 Å². The van der Waals surface area contributed by atoms with E-state index in [4.69, 9.17) is 0 Å². The van der Waals surface area contributed by atoms with Crippen LogP contribution in [0.3, 0.4) is 0 Å². The fraction of sp³-hybridized carbons (Fsp3) is 0.333. The molecule has 1 heterocycles.